The maximum Gasteiger partial charge on any atom is 0.394 e. The second-order valence-electron chi connectivity index (χ2n) is 4.03. The van der Waals surface area contributed by atoms with Gasteiger partial charge in [-0.2, -0.15) is 0 Å². The van der Waals surface area contributed by atoms with Gasteiger partial charge in [0.15, 0.2) is 17.1 Å². The molecule has 0 radical (unpaired) electrons. The van der Waals surface area contributed by atoms with E-state index in [2.05, 4.69) is 4.98 Å². The van der Waals surface area contributed by atoms with Gasteiger partial charge in [0.05, 0.1) is 20.8 Å². The number of methoxy groups -OCH3 is 2. The average molecular weight is 295 g/mol. The number of hydrogen-bond acceptors (Lipinski definition) is 7. The van der Waals surface area contributed by atoms with Crippen molar-refractivity contribution in [3.63, 3.8) is 0 Å². The highest BCUT2D eigenvalue weighted by Crippen LogP contribution is 2.32. The first-order valence-electron chi connectivity index (χ1n) is 6.47. The summed E-state index contributed by atoms with van der Waals surface area (Å²) in [6, 6.07) is 3.24. The SMILES string of the molecule is CCOCCOC(=O)c1nc2cc(OC)c(OC)cc2o1. The number of hydrogen-bond donors (Lipinski definition) is 0. The van der Waals surface area contributed by atoms with Crippen LogP contribution < -0.4 is 9.47 Å². The Bertz CT molecular complexity index is 580. The molecule has 21 heavy (non-hydrogen) atoms. The van der Waals surface area contributed by atoms with Crippen LogP contribution in [0.5, 0.6) is 11.5 Å². The van der Waals surface area contributed by atoms with Gasteiger partial charge in [-0.25, -0.2) is 9.78 Å². The van der Waals surface area contributed by atoms with Crippen LogP contribution in [0.1, 0.15) is 17.6 Å². The molecule has 0 atom stereocenters. The van der Waals surface area contributed by atoms with E-state index >= 15 is 0 Å². The van der Waals surface area contributed by atoms with Crippen LogP contribution in [0, 0.1) is 0 Å². The molecule has 1 aromatic carbocycles. The standard InChI is InChI=1S/C14H17NO6/c1-4-19-5-6-20-14(16)13-15-9-7-11(17-2)12(18-3)8-10(9)21-13/h7-8H,4-6H2,1-3H3. The first-order chi connectivity index (χ1) is 10.2. The van der Waals surface area contributed by atoms with Crippen molar-refractivity contribution in [3.8, 4) is 11.5 Å². The summed E-state index contributed by atoms with van der Waals surface area (Å²) in [5, 5.41) is 0. The molecular weight excluding hydrogens is 278 g/mol. The normalized spacial score (nSPS) is 10.6. The second-order valence-corrected chi connectivity index (χ2v) is 4.03. The fraction of sp³-hybridized carbons (Fsp3) is 0.429. The molecule has 2 aromatic rings. The van der Waals surface area contributed by atoms with E-state index in [1.54, 1.807) is 12.1 Å². The molecule has 0 N–H and O–H groups in total. The molecule has 0 unspecified atom stereocenters. The average Bonchev–Trinajstić information content (AvgIpc) is 2.92. The summed E-state index contributed by atoms with van der Waals surface area (Å²) in [5.41, 5.74) is 0.911. The fourth-order valence-corrected chi connectivity index (χ4v) is 1.74. The summed E-state index contributed by atoms with van der Waals surface area (Å²) in [4.78, 5) is 15.9. The molecule has 2 rings (SSSR count). The number of rotatable bonds is 7. The van der Waals surface area contributed by atoms with Crippen LogP contribution in [0.25, 0.3) is 11.1 Å². The Morgan fingerprint density at radius 2 is 1.90 bits per heavy atom. The number of nitrogens with zero attached hydrogens (tertiary/aromatic N) is 1. The van der Waals surface area contributed by atoms with Crippen LogP contribution in [-0.4, -0.2) is 45.0 Å². The highest BCUT2D eigenvalue weighted by molar-refractivity contribution is 5.89. The molecular formula is C14H17NO6. The number of carbonyl (C=O) groups is 1. The van der Waals surface area contributed by atoms with Crippen molar-refractivity contribution >= 4 is 17.1 Å². The minimum absolute atomic E-state index is 0.114. The van der Waals surface area contributed by atoms with Crippen LogP contribution in [0.15, 0.2) is 16.5 Å². The molecule has 7 nitrogen and oxygen atoms in total. The lowest BCUT2D eigenvalue weighted by atomic mass is 10.3. The Morgan fingerprint density at radius 1 is 1.19 bits per heavy atom. The fourth-order valence-electron chi connectivity index (χ4n) is 1.74. The maximum absolute atomic E-state index is 11.8. The van der Waals surface area contributed by atoms with E-state index in [4.69, 9.17) is 23.4 Å². The minimum Gasteiger partial charge on any atom is -0.493 e. The molecule has 1 aromatic heterocycles. The van der Waals surface area contributed by atoms with Crippen LogP contribution in [-0.2, 0) is 9.47 Å². The molecule has 0 saturated carbocycles. The van der Waals surface area contributed by atoms with Crippen molar-refractivity contribution in [1.29, 1.82) is 0 Å². The lowest BCUT2D eigenvalue weighted by Gasteiger charge is -2.05. The summed E-state index contributed by atoms with van der Waals surface area (Å²) in [6.07, 6.45) is 0. The number of benzene rings is 1. The zero-order valence-electron chi connectivity index (χ0n) is 12.2. The Labute approximate surface area is 121 Å². The third-order valence-electron chi connectivity index (χ3n) is 2.73. The summed E-state index contributed by atoms with van der Waals surface area (Å²) < 4.78 is 25.8. The molecule has 0 aliphatic carbocycles. The number of aromatic nitrogens is 1. The predicted molar refractivity (Wildman–Crippen MR) is 73.9 cm³/mol. The molecule has 0 bridgehead atoms. The first-order valence-corrected chi connectivity index (χ1v) is 6.47. The number of carbonyl (C=O) groups excluding carboxylic acids is 1. The summed E-state index contributed by atoms with van der Waals surface area (Å²) in [5.74, 6) is 0.257. The largest absolute Gasteiger partial charge is 0.493 e. The van der Waals surface area contributed by atoms with Gasteiger partial charge in [-0.05, 0) is 6.92 Å². The van der Waals surface area contributed by atoms with Gasteiger partial charge in [-0.15, -0.1) is 0 Å². The van der Waals surface area contributed by atoms with Crippen molar-refractivity contribution in [1.82, 2.24) is 4.98 Å². The van der Waals surface area contributed by atoms with E-state index in [1.807, 2.05) is 6.92 Å². The Kier molecular flexibility index (Phi) is 4.99. The number of oxazole rings is 1. The van der Waals surface area contributed by atoms with Crippen LogP contribution in [0.2, 0.25) is 0 Å². The molecule has 0 aliphatic heterocycles. The van der Waals surface area contributed by atoms with Crippen LogP contribution in [0.3, 0.4) is 0 Å². The number of esters is 1. The Hall–Kier alpha value is -2.28. The van der Waals surface area contributed by atoms with Crippen molar-refractivity contribution in [2.24, 2.45) is 0 Å². The third-order valence-corrected chi connectivity index (χ3v) is 2.73. The summed E-state index contributed by atoms with van der Waals surface area (Å²) in [6.45, 7) is 2.92. The molecule has 0 fully saturated rings. The van der Waals surface area contributed by atoms with Gasteiger partial charge in [0.1, 0.15) is 12.1 Å². The summed E-state index contributed by atoms with van der Waals surface area (Å²) >= 11 is 0. The highest BCUT2D eigenvalue weighted by Gasteiger charge is 2.18. The number of ether oxygens (including phenoxy) is 4. The van der Waals surface area contributed by atoms with Crippen molar-refractivity contribution in [2.45, 2.75) is 6.92 Å². The van der Waals surface area contributed by atoms with E-state index in [-0.39, 0.29) is 12.5 Å². The van der Waals surface area contributed by atoms with E-state index < -0.39 is 5.97 Å². The Balaban J connectivity index is 2.16. The molecule has 114 valence electrons. The molecule has 0 amide bonds. The maximum atomic E-state index is 11.8. The molecule has 0 aliphatic rings. The van der Waals surface area contributed by atoms with Gasteiger partial charge in [0.25, 0.3) is 0 Å². The quantitative estimate of drug-likeness (QED) is 0.571. The van der Waals surface area contributed by atoms with E-state index in [9.17, 15) is 4.79 Å². The monoisotopic (exact) mass is 295 g/mol. The lowest BCUT2D eigenvalue weighted by molar-refractivity contribution is 0.0299. The first kappa shape index (κ1) is 15.1. The topological polar surface area (TPSA) is 80.0 Å². The second kappa shape index (κ2) is 6.94. The van der Waals surface area contributed by atoms with Crippen molar-refractivity contribution in [3.05, 3.63) is 18.0 Å². The Morgan fingerprint density at radius 3 is 2.57 bits per heavy atom. The van der Waals surface area contributed by atoms with Gasteiger partial charge < -0.3 is 23.4 Å². The van der Waals surface area contributed by atoms with E-state index in [0.29, 0.717) is 35.8 Å². The third kappa shape index (κ3) is 3.43. The van der Waals surface area contributed by atoms with Gasteiger partial charge in [0.2, 0.25) is 0 Å². The zero-order chi connectivity index (χ0) is 15.2. The lowest BCUT2D eigenvalue weighted by Crippen LogP contribution is -2.11. The van der Waals surface area contributed by atoms with Crippen LogP contribution >= 0.6 is 0 Å². The molecule has 0 saturated heterocycles. The van der Waals surface area contributed by atoms with Crippen molar-refractivity contribution < 1.29 is 28.2 Å². The zero-order valence-corrected chi connectivity index (χ0v) is 12.2. The van der Waals surface area contributed by atoms with E-state index in [0.717, 1.165) is 0 Å². The molecule has 7 heteroatoms. The van der Waals surface area contributed by atoms with Gasteiger partial charge in [-0.3, -0.25) is 0 Å². The van der Waals surface area contributed by atoms with Gasteiger partial charge >= 0.3 is 11.9 Å². The number of fused-ring (bicyclic) bond motifs is 1. The molecule has 1 heterocycles. The highest BCUT2D eigenvalue weighted by atomic mass is 16.6. The summed E-state index contributed by atoms with van der Waals surface area (Å²) in [7, 11) is 3.04. The van der Waals surface area contributed by atoms with E-state index in [1.165, 1.54) is 14.2 Å². The van der Waals surface area contributed by atoms with Crippen molar-refractivity contribution in [2.75, 3.05) is 34.0 Å². The van der Waals surface area contributed by atoms with Gasteiger partial charge in [0, 0.05) is 18.7 Å². The van der Waals surface area contributed by atoms with Crippen LogP contribution in [0.4, 0.5) is 0 Å². The minimum atomic E-state index is -0.635. The predicted octanol–water partition coefficient (Wildman–Crippen LogP) is 2.04. The molecule has 0 spiro atoms. The smallest absolute Gasteiger partial charge is 0.394 e. The van der Waals surface area contributed by atoms with Gasteiger partial charge in [-0.1, -0.05) is 0 Å².